The second-order valence-electron chi connectivity index (χ2n) is 6.24. The average Bonchev–Trinajstić information content (AvgIpc) is 2.91. The van der Waals surface area contributed by atoms with Crippen LogP contribution in [0.4, 0.5) is 0 Å². The quantitative estimate of drug-likeness (QED) is 0.680. The Labute approximate surface area is 152 Å². The van der Waals surface area contributed by atoms with E-state index in [0.717, 1.165) is 4.90 Å². The Kier molecular flexibility index (Phi) is 5.10. The van der Waals surface area contributed by atoms with Crippen molar-refractivity contribution < 1.29 is 22.8 Å². The summed E-state index contributed by atoms with van der Waals surface area (Å²) in [6.07, 6.45) is 0.0337. The predicted molar refractivity (Wildman–Crippen MR) is 94.0 cm³/mol. The number of nitrogens with zero attached hydrogens (tertiary/aromatic N) is 3. The molecule has 3 rings (SSSR count). The molecule has 1 saturated heterocycles. The summed E-state index contributed by atoms with van der Waals surface area (Å²) < 4.78 is 25.1. The Bertz CT molecular complexity index is 809. The van der Waals surface area contributed by atoms with Gasteiger partial charge >= 0.3 is 0 Å². The number of amides is 3. The topological polar surface area (TPSA) is 95.1 Å². The van der Waals surface area contributed by atoms with Gasteiger partial charge in [0, 0.05) is 39.1 Å². The molecule has 2 aliphatic heterocycles. The zero-order valence-electron chi connectivity index (χ0n) is 14.6. The lowest BCUT2D eigenvalue weighted by molar-refractivity contribution is -0.132. The number of fused-ring (bicyclic) bond motifs is 1. The monoisotopic (exact) mass is 379 g/mol. The molecular formula is C17H21N3O5S. The molecule has 3 amide bonds. The maximum atomic E-state index is 12.4. The van der Waals surface area contributed by atoms with Crippen molar-refractivity contribution in [3.63, 3.8) is 0 Å². The third-order valence-electron chi connectivity index (χ3n) is 4.78. The first-order valence-corrected chi connectivity index (χ1v) is 10.2. The molecule has 1 aromatic carbocycles. The SMILES string of the molecule is CCS(=O)(=O)N1CCN(C(=O)CCN2C(=O)c3ccccc3C2=O)CC1. The molecule has 26 heavy (non-hydrogen) atoms. The van der Waals surface area contributed by atoms with Gasteiger partial charge in [-0.25, -0.2) is 8.42 Å². The number of carbonyl (C=O) groups is 3. The first-order valence-electron chi connectivity index (χ1n) is 8.56. The Morgan fingerprint density at radius 1 is 1.00 bits per heavy atom. The van der Waals surface area contributed by atoms with Crippen molar-refractivity contribution in [3.05, 3.63) is 35.4 Å². The normalized spacial score (nSPS) is 18.3. The lowest BCUT2D eigenvalue weighted by Gasteiger charge is -2.34. The van der Waals surface area contributed by atoms with Crippen molar-refractivity contribution in [1.82, 2.24) is 14.1 Å². The molecule has 8 nitrogen and oxygen atoms in total. The Hall–Kier alpha value is -2.26. The molecule has 2 heterocycles. The highest BCUT2D eigenvalue weighted by Crippen LogP contribution is 2.22. The van der Waals surface area contributed by atoms with Crippen molar-refractivity contribution >= 4 is 27.7 Å². The molecule has 0 saturated carbocycles. The van der Waals surface area contributed by atoms with E-state index >= 15 is 0 Å². The van der Waals surface area contributed by atoms with Gasteiger partial charge in [-0.3, -0.25) is 19.3 Å². The fourth-order valence-corrected chi connectivity index (χ4v) is 4.29. The van der Waals surface area contributed by atoms with Crippen molar-refractivity contribution in [1.29, 1.82) is 0 Å². The van der Waals surface area contributed by atoms with Gasteiger partial charge < -0.3 is 4.90 Å². The lowest BCUT2D eigenvalue weighted by Crippen LogP contribution is -2.51. The van der Waals surface area contributed by atoms with Gasteiger partial charge in [0.05, 0.1) is 16.9 Å². The van der Waals surface area contributed by atoms with E-state index in [2.05, 4.69) is 0 Å². The van der Waals surface area contributed by atoms with E-state index in [0.29, 0.717) is 24.2 Å². The van der Waals surface area contributed by atoms with Crippen molar-refractivity contribution in [2.45, 2.75) is 13.3 Å². The Morgan fingerprint density at radius 3 is 2.04 bits per heavy atom. The molecule has 0 N–H and O–H groups in total. The number of carbonyl (C=O) groups excluding carboxylic acids is 3. The zero-order valence-corrected chi connectivity index (χ0v) is 15.4. The number of sulfonamides is 1. The Morgan fingerprint density at radius 2 is 1.54 bits per heavy atom. The average molecular weight is 379 g/mol. The second kappa shape index (κ2) is 7.16. The van der Waals surface area contributed by atoms with Crippen molar-refractivity contribution in [2.24, 2.45) is 0 Å². The predicted octanol–water partition coefficient (Wildman–Crippen LogP) is 0.167. The number of hydrogen-bond donors (Lipinski definition) is 0. The fourth-order valence-electron chi connectivity index (χ4n) is 3.21. The third kappa shape index (κ3) is 3.36. The summed E-state index contributed by atoms with van der Waals surface area (Å²) in [4.78, 5) is 39.6. The molecule has 9 heteroatoms. The number of benzene rings is 1. The molecule has 140 valence electrons. The van der Waals surface area contributed by atoms with Crippen LogP contribution >= 0.6 is 0 Å². The molecular weight excluding hydrogens is 358 g/mol. The highest BCUT2D eigenvalue weighted by Gasteiger charge is 2.35. The molecule has 0 unspecified atom stereocenters. The lowest BCUT2D eigenvalue weighted by atomic mass is 10.1. The van der Waals surface area contributed by atoms with Gasteiger partial charge in [-0.15, -0.1) is 0 Å². The van der Waals surface area contributed by atoms with Gasteiger partial charge in [0.15, 0.2) is 0 Å². The molecule has 0 spiro atoms. The van der Waals surface area contributed by atoms with Crippen molar-refractivity contribution in [3.8, 4) is 0 Å². The standard InChI is InChI=1S/C17H21N3O5S/c1-2-26(24,25)19-11-9-18(10-12-19)15(21)7-8-20-16(22)13-5-3-4-6-14(13)17(20)23/h3-6H,2,7-12H2,1H3. The number of hydrogen-bond acceptors (Lipinski definition) is 5. The van der Waals surface area contributed by atoms with Crippen LogP contribution in [0.25, 0.3) is 0 Å². The maximum absolute atomic E-state index is 12.4. The van der Waals surface area contributed by atoms with E-state index in [1.165, 1.54) is 4.31 Å². The van der Waals surface area contributed by atoms with Gasteiger partial charge in [-0.1, -0.05) is 12.1 Å². The summed E-state index contributed by atoms with van der Waals surface area (Å²) in [7, 11) is -3.24. The van der Waals surface area contributed by atoms with Crippen LogP contribution in [0.3, 0.4) is 0 Å². The molecule has 0 aliphatic carbocycles. The molecule has 0 radical (unpaired) electrons. The van der Waals surface area contributed by atoms with E-state index in [1.807, 2.05) is 0 Å². The van der Waals surface area contributed by atoms with Crippen LogP contribution in [-0.4, -0.2) is 78.7 Å². The van der Waals surface area contributed by atoms with Gasteiger partial charge in [0.2, 0.25) is 15.9 Å². The van der Waals surface area contributed by atoms with Crippen LogP contribution in [0.15, 0.2) is 24.3 Å². The van der Waals surface area contributed by atoms with E-state index in [4.69, 9.17) is 0 Å². The third-order valence-corrected chi connectivity index (χ3v) is 6.66. The Balaban J connectivity index is 1.55. The molecule has 1 aromatic rings. The van der Waals surface area contributed by atoms with Gasteiger partial charge in [0.25, 0.3) is 11.8 Å². The fraction of sp³-hybridized carbons (Fsp3) is 0.471. The minimum absolute atomic E-state index is 0.0264. The largest absolute Gasteiger partial charge is 0.340 e. The summed E-state index contributed by atoms with van der Waals surface area (Å²) in [5, 5.41) is 0. The van der Waals surface area contributed by atoms with E-state index < -0.39 is 10.0 Å². The van der Waals surface area contributed by atoms with E-state index in [1.54, 1.807) is 36.1 Å². The first-order chi connectivity index (χ1) is 12.3. The van der Waals surface area contributed by atoms with Gasteiger partial charge in [-0.2, -0.15) is 4.31 Å². The first kappa shape index (κ1) is 18.5. The summed E-state index contributed by atoms with van der Waals surface area (Å²) in [6, 6.07) is 6.60. The summed E-state index contributed by atoms with van der Waals surface area (Å²) in [5.74, 6) is -0.898. The van der Waals surface area contributed by atoms with Crippen LogP contribution in [0.2, 0.25) is 0 Å². The smallest absolute Gasteiger partial charge is 0.261 e. The van der Waals surface area contributed by atoms with E-state index in [9.17, 15) is 22.8 Å². The molecule has 0 aromatic heterocycles. The minimum Gasteiger partial charge on any atom is -0.340 e. The second-order valence-corrected chi connectivity index (χ2v) is 8.50. The van der Waals surface area contributed by atoms with Crippen LogP contribution in [0.1, 0.15) is 34.1 Å². The number of imide groups is 1. The van der Waals surface area contributed by atoms with Crippen LogP contribution < -0.4 is 0 Å². The zero-order chi connectivity index (χ0) is 18.9. The highest BCUT2D eigenvalue weighted by atomic mass is 32.2. The maximum Gasteiger partial charge on any atom is 0.261 e. The molecule has 1 fully saturated rings. The number of rotatable bonds is 5. The van der Waals surface area contributed by atoms with Crippen LogP contribution in [0, 0.1) is 0 Å². The molecule has 0 atom stereocenters. The van der Waals surface area contributed by atoms with Gasteiger partial charge in [-0.05, 0) is 19.1 Å². The summed E-state index contributed by atoms with van der Waals surface area (Å²) >= 11 is 0. The summed E-state index contributed by atoms with van der Waals surface area (Å²) in [5.41, 5.74) is 0.728. The molecule has 2 aliphatic rings. The van der Waals surface area contributed by atoms with Crippen molar-refractivity contribution in [2.75, 3.05) is 38.5 Å². The minimum atomic E-state index is -3.24. The number of piperazine rings is 1. The highest BCUT2D eigenvalue weighted by molar-refractivity contribution is 7.89. The van der Waals surface area contributed by atoms with Gasteiger partial charge in [0.1, 0.15) is 0 Å². The van der Waals surface area contributed by atoms with Crippen LogP contribution in [0.5, 0.6) is 0 Å². The van der Waals surface area contributed by atoms with E-state index in [-0.39, 0.29) is 49.5 Å². The molecule has 0 bridgehead atoms. The van der Waals surface area contributed by atoms with Crippen LogP contribution in [-0.2, 0) is 14.8 Å². The summed E-state index contributed by atoms with van der Waals surface area (Å²) in [6.45, 7) is 2.80.